The summed E-state index contributed by atoms with van der Waals surface area (Å²) >= 11 is 6.00. The Kier molecular flexibility index (Phi) is 5.48. The fourth-order valence-corrected chi connectivity index (χ4v) is 3.81. The molecule has 1 saturated heterocycles. The minimum absolute atomic E-state index is 0.120. The molecule has 7 heteroatoms. The number of hydrogen-bond acceptors (Lipinski definition) is 4. The van der Waals surface area contributed by atoms with Crippen molar-refractivity contribution in [2.75, 3.05) is 31.9 Å². The summed E-state index contributed by atoms with van der Waals surface area (Å²) in [6.45, 7) is 4.98. The third-order valence-corrected chi connectivity index (χ3v) is 5.67. The monoisotopic (exact) mass is 331 g/mol. The summed E-state index contributed by atoms with van der Waals surface area (Å²) in [5, 5.41) is 0.367. The summed E-state index contributed by atoms with van der Waals surface area (Å²) in [7, 11) is -3.56. The molecule has 0 bridgehead atoms. The number of nitrogens with one attached hydrogen (secondary N) is 1. The van der Waals surface area contributed by atoms with Crippen LogP contribution in [0.25, 0.3) is 0 Å². The van der Waals surface area contributed by atoms with Crippen LogP contribution in [0, 0.1) is 6.92 Å². The predicted octanol–water partition coefficient (Wildman–Crippen LogP) is 1.99. The van der Waals surface area contributed by atoms with E-state index in [0.29, 0.717) is 22.8 Å². The molecule has 21 heavy (non-hydrogen) atoms. The van der Waals surface area contributed by atoms with Gasteiger partial charge in [0, 0.05) is 23.8 Å². The van der Waals surface area contributed by atoms with E-state index in [0.717, 1.165) is 19.6 Å². The number of sulfonamides is 1. The van der Waals surface area contributed by atoms with E-state index in [2.05, 4.69) is 9.62 Å². The second-order valence-electron chi connectivity index (χ2n) is 5.42. The molecule has 0 spiro atoms. The zero-order valence-corrected chi connectivity index (χ0v) is 13.8. The first-order valence-corrected chi connectivity index (χ1v) is 9.04. The molecule has 1 aliphatic heterocycles. The standard InChI is InChI=1S/C14H22ClN3O2S/c1-11-13(15)9-12(10-14(11)16)21(19,20)17-5-8-18-6-3-2-4-7-18/h9-10,17H,2-8,16H2,1H3. The van der Waals surface area contributed by atoms with Crippen LogP contribution in [0.5, 0.6) is 0 Å². The number of rotatable bonds is 5. The lowest BCUT2D eigenvalue weighted by Crippen LogP contribution is -2.37. The van der Waals surface area contributed by atoms with Gasteiger partial charge in [-0.25, -0.2) is 13.1 Å². The van der Waals surface area contributed by atoms with Gasteiger partial charge in [0.25, 0.3) is 0 Å². The van der Waals surface area contributed by atoms with Gasteiger partial charge in [0.05, 0.1) is 4.90 Å². The highest BCUT2D eigenvalue weighted by atomic mass is 35.5. The predicted molar refractivity (Wildman–Crippen MR) is 86.1 cm³/mol. The Bertz CT molecular complexity index is 575. The molecule has 5 nitrogen and oxygen atoms in total. The van der Waals surface area contributed by atoms with Crippen molar-refractivity contribution in [2.24, 2.45) is 0 Å². The normalized spacial score (nSPS) is 17.0. The van der Waals surface area contributed by atoms with Gasteiger partial charge in [-0.3, -0.25) is 0 Å². The van der Waals surface area contributed by atoms with Crippen LogP contribution in [0.4, 0.5) is 5.69 Å². The van der Waals surface area contributed by atoms with Gasteiger partial charge in [-0.05, 0) is 50.6 Å². The van der Waals surface area contributed by atoms with Gasteiger partial charge in [0.1, 0.15) is 0 Å². The highest BCUT2D eigenvalue weighted by Crippen LogP contribution is 2.25. The fraction of sp³-hybridized carbons (Fsp3) is 0.571. The smallest absolute Gasteiger partial charge is 0.240 e. The van der Waals surface area contributed by atoms with Crippen LogP contribution in [0.15, 0.2) is 17.0 Å². The molecular formula is C14H22ClN3O2S. The highest BCUT2D eigenvalue weighted by molar-refractivity contribution is 7.89. The van der Waals surface area contributed by atoms with Crippen LogP contribution in [0.2, 0.25) is 5.02 Å². The van der Waals surface area contributed by atoms with Crippen molar-refractivity contribution in [3.63, 3.8) is 0 Å². The molecule has 1 aromatic rings. The van der Waals surface area contributed by atoms with Crippen LogP contribution in [-0.4, -0.2) is 39.5 Å². The lowest BCUT2D eigenvalue weighted by molar-refractivity contribution is 0.233. The SMILES string of the molecule is Cc1c(N)cc(S(=O)(=O)NCCN2CCCCC2)cc1Cl. The molecule has 0 radical (unpaired) electrons. The molecule has 0 aromatic heterocycles. The molecule has 0 aliphatic carbocycles. The van der Waals surface area contributed by atoms with Crippen LogP contribution in [-0.2, 0) is 10.0 Å². The van der Waals surface area contributed by atoms with Gasteiger partial charge >= 0.3 is 0 Å². The first-order valence-electron chi connectivity index (χ1n) is 7.18. The Morgan fingerprint density at radius 1 is 1.29 bits per heavy atom. The third kappa shape index (κ3) is 4.32. The maximum absolute atomic E-state index is 12.2. The van der Waals surface area contributed by atoms with Crippen molar-refractivity contribution in [3.05, 3.63) is 22.7 Å². The maximum Gasteiger partial charge on any atom is 0.240 e. The number of piperidine rings is 1. The Labute approximate surface area is 131 Å². The molecule has 2 rings (SSSR count). The average Bonchev–Trinajstić information content (AvgIpc) is 2.45. The van der Waals surface area contributed by atoms with Crippen molar-refractivity contribution in [2.45, 2.75) is 31.1 Å². The first kappa shape index (κ1) is 16.5. The van der Waals surface area contributed by atoms with Crippen LogP contribution < -0.4 is 10.5 Å². The van der Waals surface area contributed by atoms with Crippen molar-refractivity contribution < 1.29 is 8.42 Å². The average molecular weight is 332 g/mol. The van der Waals surface area contributed by atoms with Crippen LogP contribution >= 0.6 is 11.6 Å². The van der Waals surface area contributed by atoms with Crippen molar-refractivity contribution in [1.29, 1.82) is 0 Å². The number of hydrogen-bond donors (Lipinski definition) is 2. The van der Waals surface area contributed by atoms with Crippen molar-refractivity contribution >= 4 is 27.3 Å². The zero-order valence-electron chi connectivity index (χ0n) is 12.2. The van der Waals surface area contributed by atoms with Gasteiger partial charge in [-0.15, -0.1) is 0 Å². The third-order valence-electron chi connectivity index (χ3n) is 3.84. The molecule has 0 saturated carbocycles. The van der Waals surface area contributed by atoms with Gasteiger partial charge in [0.2, 0.25) is 10.0 Å². The lowest BCUT2D eigenvalue weighted by Gasteiger charge is -2.26. The number of likely N-dealkylation sites (tertiary alicyclic amines) is 1. The molecule has 1 fully saturated rings. The summed E-state index contributed by atoms with van der Waals surface area (Å²) in [5.41, 5.74) is 6.86. The number of halogens is 1. The van der Waals surface area contributed by atoms with Gasteiger partial charge in [-0.2, -0.15) is 0 Å². The number of anilines is 1. The lowest BCUT2D eigenvalue weighted by atomic mass is 10.1. The van der Waals surface area contributed by atoms with E-state index < -0.39 is 10.0 Å². The molecule has 1 aromatic carbocycles. The minimum Gasteiger partial charge on any atom is -0.398 e. The Morgan fingerprint density at radius 3 is 2.57 bits per heavy atom. The molecule has 0 unspecified atom stereocenters. The van der Waals surface area contributed by atoms with E-state index in [1.165, 1.54) is 31.4 Å². The van der Waals surface area contributed by atoms with Crippen LogP contribution in [0.1, 0.15) is 24.8 Å². The highest BCUT2D eigenvalue weighted by Gasteiger charge is 2.17. The Hall–Kier alpha value is -0.820. The molecule has 0 atom stereocenters. The van der Waals surface area contributed by atoms with Gasteiger partial charge < -0.3 is 10.6 Å². The van der Waals surface area contributed by atoms with E-state index in [1.54, 1.807) is 6.92 Å². The quantitative estimate of drug-likeness (QED) is 0.809. The number of nitrogen functional groups attached to an aromatic ring is 1. The summed E-state index contributed by atoms with van der Waals surface area (Å²) in [6.07, 6.45) is 3.65. The molecule has 1 heterocycles. The summed E-state index contributed by atoms with van der Waals surface area (Å²) in [5.74, 6) is 0. The van der Waals surface area contributed by atoms with Crippen LogP contribution in [0.3, 0.4) is 0 Å². The largest absolute Gasteiger partial charge is 0.398 e. The summed E-state index contributed by atoms with van der Waals surface area (Å²) < 4.78 is 27.1. The molecule has 1 aliphatic rings. The minimum atomic E-state index is -3.56. The molecular weight excluding hydrogens is 310 g/mol. The van der Waals surface area contributed by atoms with E-state index >= 15 is 0 Å². The second-order valence-corrected chi connectivity index (χ2v) is 7.59. The number of benzene rings is 1. The summed E-state index contributed by atoms with van der Waals surface area (Å²) in [6, 6.07) is 2.89. The maximum atomic E-state index is 12.2. The van der Waals surface area contributed by atoms with Gasteiger partial charge in [-0.1, -0.05) is 18.0 Å². The summed E-state index contributed by atoms with van der Waals surface area (Å²) in [4.78, 5) is 2.40. The van der Waals surface area contributed by atoms with Crippen molar-refractivity contribution in [1.82, 2.24) is 9.62 Å². The molecule has 3 N–H and O–H groups in total. The second kappa shape index (κ2) is 6.96. The first-order chi connectivity index (χ1) is 9.90. The number of nitrogens with zero attached hydrogens (tertiary/aromatic N) is 1. The topological polar surface area (TPSA) is 75.4 Å². The van der Waals surface area contributed by atoms with E-state index in [-0.39, 0.29) is 4.90 Å². The van der Waals surface area contributed by atoms with E-state index in [4.69, 9.17) is 17.3 Å². The van der Waals surface area contributed by atoms with E-state index in [1.807, 2.05) is 0 Å². The van der Waals surface area contributed by atoms with Gasteiger partial charge in [0.15, 0.2) is 0 Å². The zero-order chi connectivity index (χ0) is 15.5. The Morgan fingerprint density at radius 2 is 1.95 bits per heavy atom. The Balaban J connectivity index is 1.98. The van der Waals surface area contributed by atoms with E-state index in [9.17, 15) is 8.42 Å². The van der Waals surface area contributed by atoms with Crippen molar-refractivity contribution in [3.8, 4) is 0 Å². The molecule has 0 amide bonds. The fourth-order valence-electron chi connectivity index (χ4n) is 2.43. The number of nitrogens with two attached hydrogens (primary N) is 1. The molecule has 118 valence electrons.